The van der Waals surface area contributed by atoms with Crippen LogP contribution in [-0.2, 0) is 10.0 Å². The number of hydrogen-bond acceptors (Lipinski definition) is 3. The molecule has 0 amide bonds. The summed E-state index contributed by atoms with van der Waals surface area (Å²) < 4.78 is 26.7. The van der Waals surface area contributed by atoms with Crippen LogP contribution in [0.15, 0.2) is 23.1 Å². The molecule has 0 fully saturated rings. The predicted octanol–water partition coefficient (Wildman–Crippen LogP) is 2.64. The Bertz CT molecular complexity index is 501. The van der Waals surface area contributed by atoms with E-state index in [4.69, 9.17) is 17.3 Å². The van der Waals surface area contributed by atoms with E-state index in [0.717, 1.165) is 6.42 Å². The van der Waals surface area contributed by atoms with Gasteiger partial charge in [0.25, 0.3) is 0 Å². The van der Waals surface area contributed by atoms with E-state index in [9.17, 15) is 8.42 Å². The number of hydrogen-bond donors (Lipinski definition) is 2. The van der Waals surface area contributed by atoms with Gasteiger partial charge < -0.3 is 5.73 Å². The number of sulfonamides is 1. The fourth-order valence-corrected chi connectivity index (χ4v) is 3.15. The summed E-state index contributed by atoms with van der Waals surface area (Å²) in [5.41, 5.74) is 5.88. The zero-order valence-electron chi connectivity index (χ0n) is 10.8. The summed E-state index contributed by atoms with van der Waals surface area (Å²) in [5, 5.41) is 0.137. The molecule has 0 saturated heterocycles. The van der Waals surface area contributed by atoms with Gasteiger partial charge in [0, 0.05) is 6.54 Å². The SMILES string of the molecule is CC(C)(C)CCNS(=O)(=O)c1c(N)cccc1Cl. The topological polar surface area (TPSA) is 72.2 Å². The summed E-state index contributed by atoms with van der Waals surface area (Å²) in [4.78, 5) is -0.0411. The van der Waals surface area contributed by atoms with Crippen LogP contribution in [0.25, 0.3) is 0 Å². The Morgan fingerprint density at radius 2 is 1.94 bits per heavy atom. The molecule has 6 heteroatoms. The average molecular weight is 291 g/mol. The van der Waals surface area contributed by atoms with Gasteiger partial charge in [-0.2, -0.15) is 0 Å². The van der Waals surface area contributed by atoms with E-state index in [2.05, 4.69) is 4.72 Å². The Kier molecular flexibility index (Phi) is 4.64. The summed E-state index contributed by atoms with van der Waals surface area (Å²) in [5.74, 6) is 0. The van der Waals surface area contributed by atoms with Crippen LogP contribution in [0.5, 0.6) is 0 Å². The van der Waals surface area contributed by atoms with Crippen molar-refractivity contribution >= 4 is 27.3 Å². The largest absolute Gasteiger partial charge is 0.398 e. The molecule has 1 aromatic carbocycles. The highest BCUT2D eigenvalue weighted by Crippen LogP contribution is 2.27. The first-order valence-corrected chi connectivity index (χ1v) is 7.53. The first-order chi connectivity index (χ1) is 8.13. The molecular formula is C12H19ClN2O2S. The molecule has 3 N–H and O–H groups in total. The van der Waals surface area contributed by atoms with Crippen LogP contribution in [0.4, 0.5) is 5.69 Å². The van der Waals surface area contributed by atoms with Crippen molar-refractivity contribution in [3.63, 3.8) is 0 Å². The van der Waals surface area contributed by atoms with Crippen LogP contribution in [-0.4, -0.2) is 15.0 Å². The Labute approximate surface area is 114 Å². The van der Waals surface area contributed by atoms with Crippen LogP contribution < -0.4 is 10.5 Å². The molecule has 0 bridgehead atoms. The fraction of sp³-hybridized carbons (Fsp3) is 0.500. The smallest absolute Gasteiger partial charge is 0.244 e. The van der Waals surface area contributed by atoms with Crippen molar-refractivity contribution in [1.29, 1.82) is 0 Å². The van der Waals surface area contributed by atoms with Gasteiger partial charge in [0.05, 0.1) is 10.7 Å². The maximum absolute atomic E-state index is 12.1. The maximum Gasteiger partial charge on any atom is 0.244 e. The van der Waals surface area contributed by atoms with Crippen LogP contribution in [0, 0.1) is 5.41 Å². The Balaban J connectivity index is 2.88. The van der Waals surface area contributed by atoms with Crippen molar-refractivity contribution in [2.45, 2.75) is 32.1 Å². The second-order valence-corrected chi connectivity index (χ2v) is 7.48. The molecule has 0 aliphatic heterocycles. The van der Waals surface area contributed by atoms with Crippen molar-refractivity contribution in [3.8, 4) is 0 Å². The molecule has 0 atom stereocenters. The second-order valence-electron chi connectivity index (χ2n) is 5.37. The molecule has 0 saturated carbocycles. The number of benzene rings is 1. The number of rotatable bonds is 4. The lowest BCUT2D eigenvalue weighted by molar-refractivity contribution is 0.378. The highest BCUT2D eigenvalue weighted by Gasteiger charge is 2.21. The van der Waals surface area contributed by atoms with Gasteiger partial charge in [0.15, 0.2) is 0 Å². The molecule has 0 radical (unpaired) electrons. The summed E-state index contributed by atoms with van der Waals surface area (Å²) in [6.45, 7) is 6.50. The number of nitrogens with two attached hydrogens (primary N) is 1. The van der Waals surface area contributed by atoms with Gasteiger partial charge in [0.2, 0.25) is 10.0 Å². The third-order valence-electron chi connectivity index (χ3n) is 2.43. The Morgan fingerprint density at radius 3 is 2.44 bits per heavy atom. The number of halogens is 1. The van der Waals surface area contributed by atoms with Crippen molar-refractivity contribution < 1.29 is 8.42 Å². The summed E-state index contributed by atoms with van der Waals surface area (Å²) >= 11 is 5.88. The van der Waals surface area contributed by atoms with E-state index in [1.807, 2.05) is 20.8 Å². The second kappa shape index (κ2) is 5.47. The first-order valence-electron chi connectivity index (χ1n) is 5.67. The van der Waals surface area contributed by atoms with E-state index < -0.39 is 10.0 Å². The Morgan fingerprint density at radius 1 is 1.33 bits per heavy atom. The minimum Gasteiger partial charge on any atom is -0.398 e. The molecule has 4 nitrogen and oxygen atoms in total. The van der Waals surface area contributed by atoms with E-state index in [-0.39, 0.29) is 21.0 Å². The molecule has 18 heavy (non-hydrogen) atoms. The number of nitrogens with one attached hydrogen (secondary N) is 1. The lowest BCUT2D eigenvalue weighted by atomic mass is 9.93. The van der Waals surface area contributed by atoms with Gasteiger partial charge in [-0.3, -0.25) is 0 Å². The van der Waals surface area contributed by atoms with E-state index in [1.54, 1.807) is 6.07 Å². The van der Waals surface area contributed by atoms with Crippen molar-refractivity contribution in [2.24, 2.45) is 5.41 Å². The molecule has 0 heterocycles. The molecule has 1 rings (SSSR count). The molecule has 0 spiro atoms. The average Bonchev–Trinajstić information content (AvgIpc) is 2.13. The monoisotopic (exact) mass is 290 g/mol. The van der Waals surface area contributed by atoms with E-state index >= 15 is 0 Å². The molecule has 0 aliphatic rings. The van der Waals surface area contributed by atoms with Crippen LogP contribution in [0.1, 0.15) is 27.2 Å². The van der Waals surface area contributed by atoms with Crippen LogP contribution in [0.3, 0.4) is 0 Å². The number of nitrogen functional groups attached to an aromatic ring is 1. The van der Waals surface area contributed by atoms with E-state index in [0.29, 0.717) is 6.54 Å². The first kappa shape index (κ1) is 15.3. The minimum atomic E-state index is -3.65. The van der Waals surface area contributed by atoms with Gasteiger partial charge in [-0.1, -0.05) is 38.4 Å². The third kappa shape index (κ3) is 4.15. The zero-order chi connectivity index (χ0) is 14.0. The molecular weight excluding hydrogens is 272 g/mol. The summed E-state index contributed by atoms with van der Waals surface area (Å²) in [6.07, 6.45) is 0.733. The highest BCUT2D eigenvalue weighted by atomic mass is 35.5. The maximum atomic E-state index is 12.1. The molecule has 0 aromatic heterocycles. The quantitative estimate of drug-likeness (QED) is 0.837. The van der Waals surface area contributed by atoms with Gasteiger partial charge in [-0.05, 0) is 24.0 Å². The van der Waals surface area contributed by atoms with Gasteiger partial charge >= 0.3 is 0 Å². The Hall–Kier alpha value is -0.780. The molecule has 0 unspecified atom stereocenters. The van der Waals surface area contributed by atoms with Crippen LogP contribution in [0.2, 0.25) is 5.02 Å². The summed E-state index contributed by atoms with van der Waals surface area (Å²) in [7, 11) is -3.65. The van der Waals surface area contributed by atoms with Crippen LogP contribution >= 0.6 is 11.6 Å². The van der Waals surface area contributed by atoms with Crippen molar-refractivity contribution in [2.75, 3.05) is 12.3 Å². The normalized spacial score (nSPS) is 12.7. The highest BCUT2D eigenvalue weighted by molar-refractivity contribution is 7.89. The molecule has 1 aromatic rings. The molecule has 102 valence electrons. The lowest BCUT2D eigenvalue weighted by Crippen LogP contribution is -2.28. The van der Waals surface area contributed by atoms with Crippen molar-refractivity contribution in [1.82, 2.24) is 4.72 Å². The van der Waals surface area contributed by atoms with Gasteiger partial charge in [-0.25, -0.2) is 13.1 Å². The fourth-order valence-electron chi connectivity index (χ4n) is 1.44. The number of anilines is 1. The zero-order valence-corrected chi connectivity index (χ0v) is 12.4. The predicted molar refractivity (Wildman–Crippen MR) is 75.1 cm³/mol. The minimum absolute atomic E-state index is 0.0411. The van der Waals surface area contributed by atoms with E-state index in [1.165, 1.54) is 12.1 Å². The van der Waals surface area contributed by atoms with Gasteiger partial charge in [-0.15, -0.1) is 0 Å². The summed E-state index contributed by atoms with van der Waals surface area (Å²) in [6, 6.07) is 4.65. The standard InChI is InChI=1S/C12H19ClN2O2S/c1-12(2,3)7-8-15-18(16,17)11-9(13)5-4-6-10(11)14/h4-6,15H,7-8,14H2,1-3H3. The third-order valence-corrected chi connectivity index (χ3v) is 4.44. The lowest BCUT2D eigenvalue weighted by Gasteiger charge is -2.18. The van der Waals surface area contributed by atoms with Gasteiger partial charge in [0.1, 0.15) is 4.90 Å². The van der Waals surface area contributed by atoms with Crippen molar-refractivity contribution in [3.05, 3.63) is 23.2 Å². The molecule has 0 aliphatic carbocycles.